The fourth-order valence-corrected chi connectivity index (χ4v) is 5.32. The summed E-state index contributed by atoms with van der Waals surface area (Å²) in [5.74, 6) is 1.09. The SMILES string of the molecule is Cc1ccc(N(C)S(=O)(=O)c2cccc(C(=O)N[C@H](c3ccc4c(c3)OCCCO4)C(C)C)c2)cc1. The molecule has 0 fully saturated rings. The van der Waals surface area contributed by atoms with Crippen molar-refractivity contribution >= 4 is 21.6 Å². The van der Waals surface area contributed by atoms with Gasteiger partial charge in [-0.3, -0.25) is 9.10 Å². The number of nitrogens with one attached hydrogen (secondary N) is 1. The van der Waals surface area contributed by atoms with Crippen molar-refractivity contribution in [2.24, 2.45) is 5.92 Å². The van der Waals surface area contributed by atoms with Gasteiger partial charge in [-0.2, -0.15) is 0 Å². The van der Waals surface area contributed by atoms with Crippen molar-refractivity contribution in [3.8, 4) is 11.5 Å². The molecule has 1 aliphatic heterocycles. The summed E-state index contributed by atoms with van der Waals surface area (Å²) in [4.78, 5) is 13.3. The van der Waals surface area contributed by atoms with Crippen LogP contribution in [0.2, 0.25) is 0 Å². The Balaban J connectivity index is 1.57. The minimum atomic E-state index is -3.85. The first kappa shape index (κ1) is 25.6. The number of hydrogen-bond donors (Lipinski definition) is 1. The topological polar surface area (TPSA) is 84.9 Å². The van der Waals surface area contributed by atoms with E-state index in [9.17, 15) is 13.2 Å². The van der Waals surface area contributed by atoms with E-state index in [4.69, 9.17) is 9.47 Å². The highest BCUT2D eigenvalue weighted by Crippen LogP contribution is 2.34. The van der Waals surface area contributed by atoms with Crippen LogP contribution in [0.3, 0.4) is 0 Å². The summed E-state index contributed by atoms with van der Waals surface area (Å²) in [7, 11) is -2.34. The van der Waals surface area contributed by atoms with Crippen LogP contribution in [-0.2, 0) is 10.0 Å². The van der Waals surface area contributed by atoms with Crippen molar-refractivity contribution in [2.75, 3.05) is 24.6 Å². The third kappa shape index (κ3) is 5.49. The van der Waals surface area contributed by atoms with E-state index in [2.05, 4.69) is 5.32 Å². The lowest BCUT2D eigenvalue weighted by Crippen LogP contribution is -2.32. The van der Waals surface area contributed by atoms with E-state index in [1.165, 1.54) is 23.5 Å². The first-order valence-electron chi connectivity index (χ1n) is 12.0. The van der Waals surface area contributed by atoms with Gasteiger partial charge in [0.2, 0.25) is 0 Å². The largest absolute Gasteiger partial charge is 0.490 e. The van der Waals surface area contributed by atoms with Crippen molar-refractivity contribution < 1.29 is 22.7 Å². The third-order valence-corrected chi connectivity index (χ3v) is 8.02. The van der Waals surface area contributed by atoms with Gasteiger partial charge in [0.1, 0.15) is 0 Å². The van der Waals surface area contributed by atoms with E-state index in [0.717, 1.165) is 17.5 Å². The number of hydrogen-bond acceptors (Lipinski definition) is 5. The number of rotatable bonds is 7. The molecule has 3 aromatic rings. The first-order chi connectivity index (χ1) is 17.2. The zero-order valence-electron chi connectivity index (χ0n) is 21.0. The maximum absolute atomic E-state index is 13.3. The molecule has 1 heterocycles. The fourth-order valence-electron chi connectivity index (χ4n) is 4.08. The van der Waals surface area contributed by atoms with Crippen LogP contribution in [-0.4, -0.2) is 34.6 Å². The minimum absolute atomic E-state index is 0.0508. The van der Waals surface area contributed by atoms with E-state index < -0.39 is 10.0 Å². The maximum atomic E-state index is 13.3. The molecule has 0 aromatic heterocycles. The molecule has 1 amide bonds. The standard InChI is InChI=1S/C28H32N2O5S/c1-19(2)27(21-11-14-25-26(18-21)35-16-6-15-34-25)29-28(31)22-7-5-8-24(17-22)36(32,33)30(4)23-12-9-20(3)10-13-23/h5,7-14,17-19,27H,6,15-16H2,1-4H3,(H,29,31)/t27-/m0/s1. The summed E-state index contributed by atoms with van der Waals surface area (Å²) in [6.45, 7) is 7.16. The van der Waals surface area contributed by atoms with Crippen LogP contribution in [0.15, 0.2) is 71.6 Å². The van der Waals surface area contributed by atoms with Crippen LogP contribution in [0.5, 0.6) is 11.5 Å². The van der Waals surface area contributed by atoms with E-state index >= 15 is 0 Å². The zero-order chi connectivity index (χ0) is 25.9. The molecule has 190 valence electrons. The average Bonchev–Trinajstić information content (AvgIpc) is 3.12. The number of carbonyl (C=O) groups excluding carboxylic acids is 1. The van der Waals surface area contributed by atoms with Gasteiger partial charge in [-0.05, 0) is 60.9 Å². The van der Waals surface area contributed by atoms with Gasteiger partial charge in [0, 0.05) is 19.0 Å². The summed E-state index contributed by atoms with van der Waals surface area (Å²) in [5, 5.41) is 3.07. The van der Waals surface area contributed by atoms with Crippen molar-refractivity contribution in [3.63, 3.8) is 0 Å². The highest BCUT2D eigenvalue weighted by molar-refractivity contribution is 7.92. The molecule has 8 heteroatoms. The molecular formula is C28H32N2O5S. The normalized spacial score (nSPS) is 14.1. The van der Waals surface area contributed by atoms with E-state index in [1.54, 1.807) is 24.3 Å². The fraction of sp³-hybridized carbons (Fsp3) is 0.321. The quantitative estimate of drug-likeness (QED) is 0.480. The third-order valence-electron chi connectivity index (χ3n) is 6.24. The molecular weight excluding hydrogens is 476 g/mol. The predicted octanol–water partition coefficient (Wildman–Crippen LogP) is 5.11. The minimum Gasteiger partial charge on any atom is -0.490 e. The first-order valence-corrected chi connectivity index (χ1v) is 13.5. The molecule has 1 N–H and O–H groups in total. The monoisotopic (exact) mass is 508 g/mol. The zero-order valence-corrected chi connectivity index (χ0v) is 21.8. The molecule has 0 saturated carbocycles. The molecule has 0 unspecified atom stereocenters. The molecule has 0 aliphatic carbocycles. The molecule has 1 aliphatic rings. The number of carbonyl (C=O) groups is 1. The van der Waals surface area contributed by atoms with Gasteiger partial charge in [0.05, 0.1) is 29.8 Å². The second kappa shape index (κ2) is 10.6. The summed E-state index contributed by atoms with van der Waals surface area (Å²) < 4.78 is 39.3. The smallest absolute Gasteiger partial charge is 0.264 e. The number of fused-ring (bicyclic) bond motifs is 1. The van der Waals surface area contributed by atoms with Crippen LogP contribution in [0.1, 0.15) is 47.8 Å². The molecule has 36 heavy (non-hydrogen) atoms. The lowest BCUT2D eigenvalue weighted by molar-refractivity contribution is 0.0925. The Morgan fingerprint density at radius 2 is 1.64 bits per heavy atom. The van der Waals surface area contributed by atoms with Crippen LogP contribution in [0.25, 0.3) is 0 Å². The van der Waals surface area contributed by atoms with Crippen molar-refractivity contribution in [2.45, 2.75) is 38.1 Å². The Bertz CT molecular complexity index is 1340. The molecule has 0 radical (unpaired) electrons. The summed E-state index contributed by atoms with van der Waals surface area (Å²) in [6, 6.07) is 18.7. The summed E-state index contributed by atoms with van der Waals surface area (Å²) >= 11 is 0. The summed E-state index contributed by atoms with van der Waals surface area (Å²) in [6.07, 6.45) is 0.812. The van der Waals surface area contributed by atoms with Gasteiger partial charge in [-0.15, -0.1) is 0 Å². The Labute approximate surface area is 213 Å². The second-order valence-electron chi connectivity index (χ2n) is 9.29. The van der Waals surface area contributed by atoms with Gasteiger partial charge in [0.15, 0.2) is 11.5 Å². The second-order valence-corrected chi connectivity index (χ2v) is 11.3. The average molecular weight is 509 g/mol. The Morgan fingerprint density at radius 1 is 0.944 bits per heavy atom. The highest BCUT2D eigenvalue weighted by Gasteiger charge is 2.25. The lowest BCUT2D eigenvalue weighted by Gasteiger charge is -2.24. The van der Waals surface area contributed by atoms with Crippen LogP contribution in [0.4, 0.5) is 5.69 Å². The van der Waals surface area contributed by atoms with Gasteiger partial charge in [-0.25, -0.2) is 8.42 Å². The Kier molecular flexibility index (Phi) is 7.54. The maximum Gasteiger partial charge on any atom is 0.264 e. The van der Waals surface area contributed by atoms with Crippen molar-refractivity contribution in [1.29, 1.82) is 0 Å². The summed E-state index contributed by atoms with van der Waals surface area (Å²) in [5.41, 5.74) is 2.75. The molecule has 0 bridgehead atoms. The highest BCUT2D eigenvalue weighted by atomic mass is 32.2. The van der Waals surface area contributed by atoms with Crippen LogP contribution < -0.4 is 19.1 Å². The number of anilines is 1. The van der Waals surface area contributed by atoms with Crippen LogP contribution in [0, 0.1) is 12.8 Å². The molecule has 0 spiro atoms. The van der Waals surface area contributed by atoms with E-state index in [0.29, 0.717) is 30.4 Å². The van der Waals surface area contributed by atoms with Gasteiger partial charge < -0.3 is 14.8 Å². The molecule has 4 rings (SSSR count). The van der Waals surface area contributed by atoms with Crippen molar-refractivity contribution in [3.05, 3.63) is 83.4 Å². The Morgan fingerprint density at radius 3 is 2.33 bits per heavy atom. The molecule has 1 atom stereocenters. The van der Waals surface area contributed by atoms with Gasteiger partial charge in [-0.1, -0.05) is 43.7 Å². The number of amides is 1. The van der Waals surface area contributed by atoms with E-state index in [-0.39, 0.29) is 28.3 Å². The predicted molar refractivity (Wildman–Crippen MR) is 140 cm³/mol. The van der Waals surface area contributed by atoms with Crippen LogP contribution >= 0.6 is 0 Å². The number of aryl methyl sites for hydroxylation is 1. The Hall–Kier alpha value is -3.52. The van der Waals surface area contributed by atoms with Gasteiger partial charge in [0.25, 0.3) is 15.9 Å². The number of nitrogens with zero attached hydrogens (tertiary/aromatic N) is 1. The molecule has 7 nitrogen and oxygen atoms in total. The lowest BCUT2D eigenvalue weighted by atomic mass is 9.95. The number of benzene rings is 3. The number of sulfonamides is 1. The van der Waals surface area contributed by atoms with Gasteiger partial charge >= 0.3 is 0 Å². The van der Waals surface area contributed by atoms with E-state index in [1.807, 2.05) is 51.1 Å². The van der Waals surface area contributed by atoms with Crippen molar-refractivity contribution in [1.82, 2.24) is 5.32 Å². The molecule has 3 aromatic carbocycles. The number of ether oxygens (including phenoxy) is 2. The molecule has 0 saturated heterocycles.